The topological polar surface area (TPSA) is 36.3 Å². The summed E-state index contributed by atoms with van der Waals surface area (Å²) in [5.74, 6) is 2.63. The van der Waals surface area contributed by atoms with E-state index in [1.807, 2.05) is 62.4 Å². The summed E-state index contributed by atoms with van der Waals surface area (Å²) >= 11 is 6.26. The van der Waals surface area contributed by atoms with Crippen LogP contribution >= 0.6 is 11.6 Å². The van der Waals surface area contributed by atoms with Gasteiger partial charge in [0.1, 0.15) is 23.9 Å². The van der Waals surface area contributed by atoms with Crippen molar-refractivity contribution in [2.45, 2.75) is 40.3 Å². The number of rotatable bonds is 8. The van der Waals surface area contributed by atoms with Crippen molar-refractivity contribution < 1.29 is 9.47 Å². The van der Waals surface area contributed by atoms with Crippen LogP contribution in [-0.4, -0.2) is 16.2 Å². The third-order valence-corrected chi connectivity index (χ3v) is 5.89. The minimum absolute atomic E-state index is 0.425. The fourth-order valence-electron chi connectivity index (χ4n) is 3.74. The van der Waals surface area contributed by atoms with E-state index >= 15 is 0 Å². The largest absolute Gasteiger partial charge is 0.494 e. The van der Waals surface area contributed by atoms with Gasteiger partial charge in [0, 0.05) is 11.6 Å². The first-order valence-corrected chi connectivity index (χ1v) is 10.9. The summed E-state index contributed by atoms with van der Waals surface area (Å²) in [4.78, 5) is 4.80. The monoisotopic (exact) mass is 434 g/mol. The number of aromatic nitrogens is 2. The standard InChI is InChI=1S/C26H27ClN2O2/c1-18-8-6-9-21(14-18)31-17-25-28-23-10-4-5-11-24(23)29(25)12-7-13-30-22-15-19(2)26(27)20(3)16-22/h4-6,8-11,14-16H,7,12-13,17H2,1-3H3. The molecule has 3 aromatic carbocycles. The van der Waals surface area contributed by atoms with Gasteiger partial charge in [-0.05, 0) is 80.3 Å². The number of para-hydroxylation sites is 2. The quantitative estimate of drug-likeness (QED) is 0.291. The summed E-state index contributed by atoms with van der Waals surface area (Å²) < 4.78 is 14.2. The fraction of sp³-hybridized carbons (Fsp3) is 0.269. The lowest BCUT2D eigenvalue weighted by molar-refractivity contribution is 0.280. The molecular weight excluding hydrogens is 408 g/mol. The smallest absolute Gasteiger partial charge is 0.147 e. The molecule has 1 heterocycles. The van der Waals surface area contributed by atoms with Gasteiger partial charge in [0.2, 0.25) is 0 Å². The van der Waals surface area contributed by atoms with Crippen LogP contribution in [0.25, 0.3) is 11.0 Å². The molecule has 4 rings (SSSR count). The second-order valence-corrected chi connectivity index (χ2v) is 8.22. The molecule has 31 heavy (non-hydrogen) atoms. The van der Waals surface area contributed by atoms with E-state index in [4.69, 9.17) is 26.1 Å². The van der Waals surface area contributed by atoms with Crippen molar-refractivity contribution in [1.82, 2.24) is 9.55 Å². The van der Waals surface area contributed by atoms with Crippen LogP contribution in [0.4, 0.5) is 0 Å². The summed E-state index contributed by atoms with van der Waals surface area (Å²) in [5, 5.41) is 0.801. The Hall–Kier alpha value is -2.98. The molecule has 0 saturated heterocycles. The van der Waals surface area contributed by atoms with Gasteiger partial charge in [0.25, 0.3) is 0 Å². The summed E-state index contributed by atoms with van der Waals surface area (Å²) in [5.41, 5.74) is 5.34. The zero-order valence-electron chi connectivity index (χ0n) is 18.2. The van der Waals surface area contributed by atoms with Gasteiger partial charge in [-0.3, -0.25) is 0 Å². The van der Waals surface area contributed by atoms with Crippen molar-refractivity contribution >= 4 is 22.6 Å². The number of hydrogen-bond donors (Lipinski definition) is 0. The summed E-state index contributed by atoms with van der Waals surface area (Å²) in [7, 11) is 0. The van der Waals surface area contributed by atoms with Crippen molar-refractivity contribution in [3.05, 3.63) is 88.2 Å². The lowest BCUT2D eigenvalue weighted by Gasteiger charge is -2.13. The second kappa shape index (κ2) is 9.44. The molecule has 0 saturated carbocycles. The van der Waals surface area contributed by atoms with Gasteiger partial charge >= 0.3 is 0 Å². The van der Waals surface area contributed by atoms with Gasteiger partial charge in [-0.2, -0.15) is 0 Å². The van der Waals surface area contributed by atoms with E-state index < -0.39 is 0 Å². The van der Waals surface area contributed by atoms with E-state index in [0.29, 0.717) is 13.2 Å². The molecule has 0 bridgehead atoms. The van der Waals surface area contributed by atoms with Crippen LogP contribution in [0.15, 0.2) is 60.7 Å². The van der Waals surface area contributed by atoms with Crippen molar-refractivity contribution in [3.63, 3.8) is 0 Å². The lowest BCUT2D eigenvalue weighted by atomic mass is 10.1. The van der Waals surface area contributed by atoms with Gasteiger partial charge in [-0.15, -0.1) is 0 Å². The van der Waals surface area contributed by atoms with Crippen LogP contribution in [0.1, 0.15) is 28.9 Å². The zero-order chi connectivity index (χ0) is 21.8. The summed E-state index contributed by atoms with van der Waals surface area (Å²) in [6.07, 6.45) is 0.860. The normalized spacial score (nSPS) is 11.1. The highest BCUT2D eigenvalue weighted by molar-refractivity contribution is 6.32. The third-order valence-electron chi connectivity index (χ3n) is 5.30. The Morgan fingerprint density at radius 2 is 1.65 bits per heavy atom. The van der Waals surface area contributed by atoms with Crippen molar-refractivity contribution in [2.75, 3.05) is 6.61 Å². The molecule has 0 fully saturated rings. The van der Waals surface area contributed by atoms with Gasteiger partial charge in [-0.25, -0.2) is 4.98 Å². The molecule has 0 atom stereocenters. The first-order valence-electron chi connectivity index (χ1n) is 10.5. The molecule has 5 heteroatoms. The number of fused-ring (bicyclic) bond motifs is 1. The van der Waals surface area contributed by atoms with E-state index in [1.165, 1.54) is 5.56 Å². The van der Waals surface area contributed by atoms with Gasteiger partial charge in [0.15, 0.2) is 0 Å². The van der Waals surface area contributed by atoms with Crippen molar-refractivity contribution in [1.29, 1.82) is 0 Å². The number of benzene rings is 3. The number of aryl methyl sites for hydroxylation is 4. The van der Waals surface area contributed by atoms with Crippen LogP contribution in [0.2, 0.25) is 5.02 Å². The lowest BCUT2D eigenvalue weighted by Crippen LogP contribution is -2.10. The minimum Gasteiger partial charge on any atom is -0.494 e. The summed E-state index contributed by atoms with van der Waals surface area (Å²) in [6, 6.07) is 20.3. The van der Waals surface area contributed by atoms with Gasteiger partial charge < -0.3 is 14.0 Å². The molecule has 4 aromatic rings. The Morgan fingerprint density at radius 1 is 0.871 bits per heavy atom. The van der Waals surface area contributed by atoms with Crippen LogP contribution in [-0.2, 0) is 13.2 Å². The number of nitrogens with zero attached hydrogens (tertiary/aromatic N) is 2. The molecule has 0 radical (unpaired) electrons. The Kier molecular flexibility index (Phi) is 6.47. The predicted molar refractivity (Wildman–Crippen MR) is 126 cm³/mol. The first kappa shape index (κ1) is 21.3. The molecule has 1 aromatic heterocycles. The minimum atomic E-state index is 0.425. The average Bonchev–Trinajstić information content (AvgIpc) is 3.11. The van der Waals surface area contributed by atoms with Crippen molar-refractivity contribution in [3.8, 4) is 11.5 Å². The molecule has 4 nitrogen and oxygen atoms in total. The molecule has 160 valence electrons. The SMILES string of the molecule is Cc1cccc(OCc2nc3ccccc3n2CCCOc2cc(C)c(Cl)c(C)c2)c1. The number of ether oxygens (including phenoxy) is 2. The second-order valence-electron chi connectivity index (χ2n) is 7.85. The molecule has 0 N–H and O–H groups in total. The Labute approximate surface area is 188 Å². The predicted octanol–water partition coefficient (Wildman–Crippen LogP) is 6.66. The Balaban J connectivity index is 1.44. The van der Waals surface area contributed by atoms with E-state index in [9.17, 15) is 0 Å². The van der Waals surface area contributed by atoms with Crippen LogP contribution in [0.3, 0.4) is 0 Å². The van der Waals surface area contributed by atoms with Crippen LogP contribution in [0, 0.1) is 20.8 Å². The van der Waals surface area contributed by atoms with Gasteiger partial charge in [-0.1, -0.05) is 35.9 Å². The van der Waals surface area contributed by atoms with E-state index in [2.05, 4.69) is 23.6 Å². The number of hydrogen-bond acceptors (Lipinski definition) is 3. The first-order chi connectivity index (χ1) is 15.0. The molecule has 0 aliphatic heterocycles. The van der Waals surface area contributed by atoms with E-state index in [-0.39, 0.29) is 0 Å². The highest BCUT2D eigenvalue weighted by atomic mass is 35.5. The molecule has 0 spiro atoms. The highest BCUT2D eigenvalue weighted by Gasteiger charge is 2.11. The van der Waals surface area contributed by atoms with Crippen LogP contribution in [0.5, 0.6) is 11.5 Å². The number of imidazole rings is 1. The molecule has 0 amide bonds. The maximum atomic E-state index is 6.26. The van der Waals surface area contributed by atoms with Crippen LogP contribution < -0.4 is 9.47 Å². The molecule has 0 aliphatic carbocycles. The third kappa shape index (κ3) is 5.02. The van der Waals surface area contributed by atoms with Gasteiger partial charge in [0.05, 0.1) is 17.6 Å². The Bertz CT molecular complexity index is 1180. The molecule has 0 unspecified atom stereocenters. The highest BCUT2D eigenvalue weighted by Crippen LogP contribution is 2.26. The summed E-state index contributed by atoms with van der Waals surface area (Å²) in [6.45, 7) is 7.91. The maximum Gasteiger partial charge on any atom is 0.147 e. The fourth-order valence-corrected chi connectivity index (χ4v) is 3.85. The number of halogens is 1. The van der Waals surface area contributed by atoms with Crippen molar-refractivity contribution in [2.24, 2.45) is 0 Å². The molecule has 0 aliphatic rings. The average molecular weight is 435 g/mol. The zero-order valence-corrected chi connectivity index (χ0v) is 18.9. The van der Waals surface area contributed by atoms with E-state index in [1.54, 1.807) is 0 Å². The van der Waals surface area contributed by atoms with E-state index in [0.717, 1.165) is 57.5 Å². The Morgan fingerprint density at radius 3 is 2.42 bits per heavy atom. The maximum absolute atomic E-state index is 6.26. The molecular formula is C26H27ClN2O2.